The molecule has 3 nitrogen and oxygen atoms in total. The van der Waals surface area contributed by atoms with Gasteiger partial charge in [0.1, 0.15) is 5.69 Å². The standard InChI is InChI=1S/C16H15ClN2O/c1-10-7-8-13(17)9-16(10)18-11(2)14-5-4-6-15(19-14)12(3)20/h4-9H,1-3H3. The molecule has 1 heterocycles. The molecule has 1 aromatic carbocycles. The summed E-state index contributed by atoms with van der Waals surface area (Å²) in [5.41, 5.74) is 3.73. The third kappa shape index (κ3) is 3.31. The topological polar surface area (TPSA) is 42.3 Å². The Bertz CT molecular complexity index is 693. The fraction of sp³-hybridized carbons (Fsp3) is 0.188. The number of pyridine rings is 1. The van der Waals surface area contributed by atoms with Crippen molar-refractivity contribution in [3.8, 4) is 0 Å². The zero-order valence-electron chi connectivity index (χ0n) is 11.6. The first-order valence-corrected chi connectivity index (χ1v) is 6.65. The van der Waals surface area contributed by atoms with Gasteiger partial charge in [-0.2, -0.15) is 0 Å². The summed E-state index contributed by atoms with van der Waals surface area (Å²) in [7, 11) is 0. The second kappa shape index (κ2) is 5.97. The van der Waals surface area contributed by atoms with Crippen LogP contribution in [-0.4, -0.2) is 16.5 Å². The molecule has 0 saturated carbocycles. The van der Waals surface area contributed by atoms with E-state index in [0.717, 1.165) is 17.0 Å². The maximum absolute atomic E-state index is 11.4. The van der Waals surface area contributed by atoms with Crippen LogP contribution in [0.5, 0.6) is 0 Å². The number of aromatic nitrogens is 1. The van der Waals surface area contributed by atoms with Crippen molar-refractivity contribution in [1.82, 2.24) is 4.98 Å². The maximum Gasteiger partial charge on any atom is 0.178 e. The van der Waals surface area contributed by atoms with E-state index in [0.29, 0.717) is 16.4 Å². The number of hydrogen-bond acceptors (Lipinski definition) is 3. The number of halogens is 1. The van der Waals surface area contributed by atoms with Gasteiger partial charge in [-0.25, -0.2) is 4.98 Å². The molecule has 0 unspecified atom stereocenters. The molecule has 0 fully saturated rings. The molecule has 0 saturated heterocycles. The van der Waals surface area contributed by atoms with Crippen LogP contribution in [-0.2, 0) is 0 Å². The number of nitrogens with zero attached hydrogens (tertiary/aromatic N) is 2. The largest absolute Gasteiger partial charge is 0.293 e. The smallest absolute Gasteiger partial charge is 0.178 e. The first kappa shape index (κ1) is 14.4. The number of aryl methyl sites for hydroxylation is 1. The normalized spacial score (nSPS) is 11.5. The molecule has 1 aromatic heterocycles. The van der Waals surface area contributed by atoms with Crippen molar-refractivity contribution >= 4 is 28.8 Å². The number of hydrogen-bond donors (Lipinski definition) is 0. The van der Waals surface area contributed by atoms with Gasteiger partial charge in [-0.3, -0.25) is 9.79 Å². The van der Waals surface area contributed by atoms with Gasteiger partial charge >= 0.3 is 0 Å². The molecule has 0 aliphatic carbocycles. The minimum absolute atomic E-state index is 0.0569. The zero-order valence-corrected chi connectivity index (χ0v) is 12.4. The SMILES string of the molecule is CC(=O)c1cccc(C(C)=Nc2cc(Cl)ccc2C)n1. The van der Waals surface area contributed by atoms with Crippen LogP contribution in [0.3, 0.4) is 0 Å². The summed E-state index contributed by atoms with van der Waals surface area (Å²) < 4.78 is 0. The van der Waals surface area contributed by atoms with Crippen molar-refractivity contribution in [2.45, 2.75) is 20.8 Å². The van der Waals surface area contributed by atoms with Crippen LogP contribution >= 0.6 is 11.6 Å². The predicted molar refractivity (Wildman–Crippen MR) is 82.3 cm³/mol. The molecule has 4 heteroatoms. The first-order valence-electron chi connectivity index (χ1n) is 6.27. The van der Waals surface area contributed by atoms with Gasteiger partial charge in [-0.15, -0.1) is 0 Å². The molecule has 0 aliphatic heterocycles. The van der Waals surface area contributed by atoms with Crippen LogP contribution in [0.4, 0.5) is 5.69 Å². The Morgan fingerprint density at radius 3 is 2.55 bits per heavy atom. The molecular formula is C16H15ClN2O. The summed E-state index contributed by atoms with van der Waals surface area (Å²) in [4.78, 5) is 20.2. The van der Waals surface area contributed by atoms with Gasteiger partial charge < -0.3 is 0 Å². The Kier molecular flexibility index (Phi) is 4.30. The van der Waals surface area contributed by atoms with Crippen LogP contribution in [0, 0.1) is 6.92 Å². The Morgan fingerprint density at radius 2 is 1.85 bits per heavy atom. The van der Waals surface area contributed by atoms with E-state index in [4.69, 9.17) is 11.6 Å². The second-order valence-corrected chi connectivity index (χ2v) is 5.03. The summed E-state index contributed by atoms with van der Waals surface area (Å²) in [6.07, 6.45) is 0. The van der Waals surface area contributed by atoms with E-state index >= 15 is 0 Å². The number of ketones is 1. The Morgan fingerprint density at radius 1 is 1.15 bits per heavy atom. The third-order valence-corrected chi connectivity index (χ3v) is 3.17. The molecule has 0 radical (unpaired) electrons. The summed E-state index contributed by atoms with van der Waals surface area (Å²) in [6, 6.07) is 10.9. The average molecular weight is 287 g/mol. The summed E-state index contributed by atoms with van der Waals surface area (Å²) >= 11 is 5.98. The quantitative estimate of drug-likeness (QED) is 0.620. The summed E-state index contributed by atoms with van der Waals surface area (Å²) in [5.74, 6) is -0.0569. The van der Waals surface area contributed by atoms with E-state index in [1.807, 2.05) is 44.2 Å². The number of carbonyl (C=O) groups is 1. The van der Waals surface area contributed by atoms with Crippen molar-refractivity contribution in [3.63, 3.8) is 0 Å². The molecule has 0 N–H and O–H groups in total. The van der Waals surface area contributed by atoms with E-state index in [1.54, 1.807) is 6.07 Å². The van der Waals surface area contributed by atoms with E-state index in [1.165, 1.54) is 6.92 Å². The molecule has 0 bridgehead atoms. The van der Waals surface area contributed by atoms with Crippen LogP contribution in [0.15, 0.2) is 41.4 Å². The minimum Gasteiger partial charge on any atom is -0.293 e. The summed E-state index contributed by atoms with van der Waals surface area (Å²) in [6.45, 7) is 5.34. The van der Waals surface area contributed by atoms with Gasteiger partial charge in [0.15, 0.2) is 5.78 Å². The zero-order chi connectivity index (χ0) is 14.7. The van der Waals surface area contributed by atoms with E-state index < -0.39 is 0 Å². The lowest BCUT2D eigenvalue weighted by Crippen LogP contribution is -2.04. The van der Waals surface area contributed by atoms with Crippen molar-refractivity contribution in [2.24, 2.45) is 4.99 Å². The number of aliphatic imine (C=N–C) groups is 1. The predicted octanol–water partition coefficient (Wildman–Crippen LogP) is 4.39. The van der Waals surface area contributed by atoms with E-state index in [9.17, 15) is 4.79 Å². The highest BCUT2D eigenvalue weighted by Gasteiger charge is 2.06. The van der Waals surface area contributed by atoms with Crippen LogP contribution in [0.2, 0.25) is 5.02 Å². The highest BCUT2D eigenvalue weighted by atomic mass is 35.5. The lowest BCUT2D eigenvalue weighted by Gasteiger charge is -2.05. The average Bonchev–Trinajstić information content (AvgIpc) is 2.43. The molecule has 0 spiro atoms. The molecule has 102 valence electrons. The lowest BCUT2D eigenvalue weighted by molar-refractivity contribution is 0.101. The van der Waals surface area contributed by atoms with Gasteiger partial charge in [-0.1, -0.05) is 23.7 Å². The second-order valence-electron chi connectivity index (χ2n) is 4.59. The van der Waals surface area contributed by atoms with E-state index in [-0.39, 0.29) is 5.78 Å². The maximum atomic E-state index is 11.4. The molecule has 2 rings (SSSR count). The molecule has 2 aromatic rings. The number of benzene rings is 1. The Hall–Kier alpha value is -2.00. The van der Waals surface area contributed by atoms with Gasteiger partial charge in [0, 0.05) is 11.9 Å². The van der Waals surface area contributed by atoms with Gasteiger partial charge in [0.25, 0.3) is 0 Å². The Labute approximate surface area is 123 Å². The highest BCUT2D eigenvalue weighted by Crippen LogP contribution is 2.23. The molecule has 0 aliphatic rings. The van der Waals surface area contributed by atoms with Gasteiger partial charge in [-0.05, 0) is 43.7 Å². The van der Waals surface area contributed by atoms with Crippen molar-refractivity contribution in [3.05, 3.63) is 58.4 Å². The van der Waals surface area contributed by atoms with Crippen molar-refractivity contribution in [2.75, 3.05) is 0 Å². The number of rotatable bonds is 3. The minimum atomic E-state index is -0.0569. The molecule has 20 heavy (non-hydrogen) atoms. The van der Waals surface area contributed by atoms with Crippen LogP contribution in [0.1, 0.15) is 35.6 Å². The van der Waals surface area contributed by atoms with Gasteiger partial charge in [0.05, 0.1) is 17.1 Å². The Balaban J connectivity index is 2.42. The number of carbonyl (C=O) groups excluding carboxylic acids is 1. The van der Waals surface area contributed by atoms with Crippen LogP contribution < -0.4 is 0 Å². The van der Waals surface area contributed by atoms with E-state index in [2.05, 4.69) is 9.98 Å². The lowest BCUT2D eigenvalue weighted by atomic mass is 10.2. The fourth-order valence-electron chi connectivity index (χ4n) is 1.77. The monoisotopic (exact) mass is 286 g/mol. The van der Waals surface area contributed by atoms with Crippen molar-refractivity contribution < 1.29 is 4.79 Å². The van der Waals surface area contributed by atoms with Gasteiger partial charge in [0.2, 0.25) is 0 Å². The number of Topliss-reactive ketones (excluding diaryl/α,β-unsaturated/α-hetero) is 1. The molecule has 0 amide bonds. The van der Waals surface area contributed by atoms with Crippen LogP contribution in [0.25, 0.3) is 0 Å². The molecular weight excluding hydrogens is 272 g/mol. The first-order chi connectivity index (χ1) is 9.47. The fourth-order valence-corrected chi connectivity index (χ4v) is 1.94. The third-order valence-electron chi connectivity index (χ3n) is 2.94. The summed E-state index contributed by atoms with van der Waals surface area (Å²) in [5, 5.41) is 0.646. The van der Waals surface area contributed by atoms with Crippen molar-refractivity contribution in [1.29, 1.82) is 0 Å². The highest BCUT2D eigenvalue weighted by molar-refractivity contribution is 6.30. The molecule has 0 atom stereocenters.